The molecule has 0 saturated carbocycles. The molecule has 2 aromatic carbocycles. The van der Waals surface area contributed by atoms with E-state index in [-0.39, 0.29) is 5.02 Å². The molecule has 0 spiro atoms. The standard InChI is InChI=1S/C20H19Cl2FN2O2/c1-2-3-4-5-17(20(26)27)25-18-10-14(22)15(23)11-16(18)24-19(25)12-6-8-13(21)9-7-12/h6-11,17H,2-5H2,1H3,(H,26,27). The van der Waals surface area contributed by atoms with Gasteiger partial charge in [0, 0.05) is 16.7 Å². The maximum absolute atomic E-state index is 13.9. The third-order valence-electron chi connectivity index (χ3n) is 4.51. The summed E-state index contributed by atoms with van der Waals surface area (Å²) in [5, 5.41) is 10.4. The van der Waals surface area contributed by atoms with Crippen molar-refractivity contribution < 1.29 is 14.3 Å². The Hall–Kier alpha value is -2.11. The molecule has 3 aromatic rings. The van der Waals surface area contributed by atoms with Gasteiger partial charge in [0.2, 0.25) is 0 Å². The van der Waals surface area contributed by atoms with E-state index in [2.05, 4.69) is 11.9 Å². The van der Waals surface area contributed by atoms with Gasteiger partial charge in [-0.25, -0.2) is 14.2 Å². The number of aliphatic carboxylic acids is 1. The molecule has 7 heteroatoms. The number of halogens is 3. The number of carbonyl (C=O) groups is 1. The summed E-state index contributed by atoms with van der Waals surface area (Å²) in [6.07, 6.45) is 3.13. The predicted molar refractivity (Wildman–Crippen MR) is 106 cm³/mol. The Morgan fingerprint density at radius 1 is 1.22 bits per heavy atom. The molecule has 0 aliphatic carbocycles. The van der Waals surface area contributed by atoms with Crippen LogP contribution in [0.2, 0.25) is 10.0 Å². The van der Waals surface area contributed by atoms with Crippen LogP contribution in [0, 0.1) is 5.82 Å². The van der Waals surface area contributed by atoms with Gasteiger partial charge in [-0.15, -0.1) is 0 Å². The highest BCUT2D eigenvalue weighted by Crippen LogP contribution is 2.33. The molecule has 1 atom stereocenters. The van der Waals surface area contributed by atoms with Gasteiger partial charge in [0.1, 0.15) is 17.7 Å². The summed E-state index contributed by atoms with van der Waals surface area (Å²) in [6.45, 7) is 2.06. The number of nitrogens with zero attached hydrogens (tertiary/aromatic N) is 2. The van der Waals surface area contributed by atoms with E-state index in [1.807, 2.05) is 0 Å². The van der Waals surface area contributed by atoms with Gasteiger partial charge in [-0.2, -0.15) is 0 Å². The average Bonchev–Trinajstić information content (AvgIpc) is 2.97. The zero-order valence-corrected chi connectivity index (χ0v) is 16.3. The summed E-state index contributed by atoms with van der Waals surface area (Å²) in [4.78, 5) is 16.6. The Kier molecular flexibility index (Phi) is 6.02. The Morgan fingerprint density at radius 3 is 2.56 bits per heavy atom. The van der Waals surface area contributed by atoms with Gasteiger partial charge >= 0.3 is 5.97 Å². The molecule has 1 N–H and O–H groups in total. The van der Waals surface area contributed by atoms with Crippen LogP contribution >= 0.6 is 23.2 Å². The molecule has 1 aromatic heterocycles. The van der Waals surface area contributed by atoms with Gasteiger partial charge in [-0.05, 0) is 36.8 Å². The van der Waals surface area contributed by atoms with E-state index in [0.29, 0.717) is 33.9 Å². The number of fused-ring (bicyclic) bond motifs is 1. The number of imidazole rings is 1. The molecule has 0 saturated heterocycles. The van der Waals surface area contributed by atoms with E-state index >= 15 is 0 Å². The quantitative estimate of drug-likeness (QED) is 0.463. The molecular weight excluding hydrogens is 390 g/mol. The lowest BCUT2D eigenvalue weighted by molar-refractivity contribution is -0.141. The van der Waals surface area contributed by atoms with Crippen LogP contribution in [-0.2, 0) is 4.79 Å². The third-order valence-corrected chi connectivity index (χ3v) is 5.05. The van der Waals surface area contributed by atoms with E-state index in [0.717, 1.165) is 19.3 Å². The largest absolute Gasteiger partial charge is 0.480 e. The van der Waals surface area contributed by atoms with Gasteiger partial charge in [0.15, 0.2) is 0 Å². The molecule has 0 aliphatic heterocycles. The van der Waals surface area contributed by atoms with Crippen molar-refractivity contribution >= 4 is 40.2 Å². The van der Waals surface area contributed by atoms with Crippen LogP contribution in [0.5, 0.6) is 0 Å². The fraction of sp³-hybridized carbons (Fsp3) is 0.300. The van der Waals surface area contributed by atoms with Gasteiger partial charge in [0.05, 0.1) is 16.1 Å². The predicted octanol–water partition coefficient (Wildman–Crippen LogP) is 6.36. The first-order valence-electron chi connectivity index (χ1n) is 8.78. The fourth-order valence-electron chi connectivity index (χ4n) is 3.16. The fourth-order valence-corrected chi connectivity index (χ4v) is 3.44. The maximum atomic E-state index is 13.9. The van der Waals surface area contributed by atoms with Crippen molar-refractivity contribution in [3.05, 3.63) is 52.3 Å². The lowest BCUT2D eigenvalue weighted by Crippen LogP contribution is -2.20. The molecule has 27 heavy (non-hydrogen) atoms. The summed E-state index contributed by atoms with van der Waals surface area (Å²) in [5.74, 6) is -1.09. The van der Waals surface area contributed by atoms with Crippen molar-refractivity contribution in [2.24, 2.45) is 0 Å². The number of unbranched alkanes of at least 4 members (excludes halogenated alkanes) is 2. The first-order chi connectivity index (χ1) is 12.9. The number of hydrogen-bond acceptors (Lipinski definition) is 2. The molecule has 0 aliphatic rings. The van der Waals surface area contributed by atoms with Crippen LogP contribution in [0.1, 0.15) is 38.6 Å². The first-order valence-corrected chi connectivity index (χ1v) is 9.53. The normalized spacial score (nSPS) is 12.4. The van der Waals surface area contributed by atoms with Crippen LogP contribution in [0.3, 0.4) is 0 Å². The highest BCUT2D eigenvalue weighted by Gasteiger charge is 2.26. The molecule has 142 valence electrons. The number of benzene rings is 2. The molecule has 0 fully saturated rings. The minimum atomic E-state index is -0.957. The van der Waals surface area contributed by atoms with Crippen LogP contribution < -0.4 is 0 Å². The average molecular weight is 409 g/mol. The Morgan fingerprint density at radius 2 is 1.93 bits per heavy atom. The van der Waals surface area contributed by atoms with E-state index in [1.54, 1.807) is 28.8 Å². The minimum Gasteiger partial charge on any atom is -0.480 e. The second-order valence-corrected chi connectivity index (χ2v) is 7.26. The van der Waals surface area contributed by atoms with Gasteiger partial charge in [0.25, 0.3) is 0 Å². The number of carboxylic acid groups (broad SMARTS) is 1. The lowest BCUT2D eigenvalue weighted by Gasteiger charge is -2.18. The van der Waals surface area contributed by atoms with Crippen LogP contribution in [0.25, 0.3) is 22.4 Å². The maximum Gasteiger partial charge on any atom is 0.326 e. The van der Waals surface area contributed by atoms with Crippen molar-refractivity contribution in [1.29, 1.82) is 0 Å². The molecule has 4 nitrogen and oxygen atoms in total. The van der Waals surface area contributed by atoms with Gasteiger partial charge in [-0.1, -0.05) is 49.4 Å². The molecule has 1 unspecified atom stereocenters. The number of hydrogen-bond donors (Lipinski definition) is 1. The SMILES string of the molecule is CCCCCC(C(=O)O)n1c(-c2ccc(Cl)cc2)nc2cc(F)c(Cl)cc21. The van der Waals surface area contributed by atoms with E-state index in [9.17, 15) is 14.3 Å². The summed E-state index contributed by atoms with van der Waals surface area (Å²) in [6, 6.07) is 8.80. The van der Waals surface area contributed by atoms with E-state index < -0.39 is 17.8 Å². The first kappa shape index (κ1) is 19.6. The monoisotopic (exact) mass is 408 g/mol. The van der Waals surface area contributed by atoms with Crippen molar-refractivity contribution in [2.45, 2.75) is 38.6 Å². The van der Waals surface area contributed by atoms with E-state index in [4.69, 9.17) is 23.2 Å². The van der Waals surface area contributed by atoms with Crippen LogP contribution in [0.4, 0.5) is 4.39 Å². The molecule has 0 amide bonds. The highest BCUT2D eigenvalue weighted by molar-refractivity contribution is 6.31. The summed E-state index contributed by atoms with van der Waals surface area (Å²) in [5.41, 5.74) is 1.56. The topological polar surface area (TPSA) is 55.1 Å². The molecule has 0 bridgehead atoms. The number of aromatic nitrogens is 2. The summed E-state index contributed by atoms with van der Waals surface area (Å²) < 4.78 is 15.6. The smallest absolute Gasteiger partial charge is 0.326 e. The van der Waals surface area contributed by atoms with Crippen molar-refractivity contribution in [2.75, 3.05) is 0 Å². The summed E-state index contributed by atoms with van der Waals surface area (Å²) in [7, 11) is 0. The van der Waals surface area contributed by atoms with Gasteiger partial charge < -0.3 is 9.67 Å². The third kappa shape index (κ3) is 4.09. The van der Waals surface area contributed by atoms with Crippen molar-refractivity contribution in [3.8, 4) is 11.4 Å². The van der Waals surface area contributed by atoms with Crippen LogP contribution in [-0.4, -0.2) is 20.6 Å². The highest BCUT2D eigenvalue weighted by atomic mass is 35.5. The zero-order chi connectivity index (χ0) is 19.6. The van der Waals surface area contributed by atoms with E-state index in [1.165, 1.54) is 12.1 Å². The van der Waals surface area contributed by atoms with Crippen molar-refractivity contribution in [1.82, 2.24) is 9.55 Å². The van der Waals surface area contributed by atoms with Crippen molar-refractivity contribution in [3.63, 3.8) is 0 Å². The second-order valence-electron chi connectivity index (χ2n) is 6.42. The summed E-state index contributed by atoms with van der Waals surface area (Å²) >= 11 is 11.9. The van der Waals surface area contributed by atoms with Gasteiger partial charge in [-0.3, -0.25) is 0 Å². The number of rotatable bonds is 7. The lowest BCUT2D eigenvalue weighted by atomic mass is 10.1. The second kappa shape index (κ2) is 8.28. The zero-order valence-electron chi connectivity index (χ0n) is 14.8. The van der Waals surface area contributed by atoms with Crippen LogP contribution in [0.15, 0.2) is 36.4 Å². The minimum absolute atomic E-state index is 0.0657. The molecule has 1 heterocycles. The number of carboxylic acids is 1. The Labute approximate surface area is 166 Å². The molecule has 3 rings (SSSR count). The Balaban J connectivity index is 2.22. The molecular formula is C20H19Cl2FN2O2. The molecule has 0 radical (unpaired) electrons. The Bertz CT molecular complexity index is 970.